The van der Waals surface area contributed by atoms with Crippen molar-refractivity contribution in [2.24, 2.45) is 0 Å². The van der Waals surface area contributed by atoms with Gasteiger partial charge >= 0.3 is 190 Å². The van der Waals surface area contributed by atoms with E-state index in [1.165, 1.54) is 0 Å². The Labute approximate surface area is 189 Å². The van der Waals surface area contributed by atoms with Crippen molar-refractivity contribution in [1.29, 1.82) is 0 Å². The second-order valence-electron chi connectivity index (χ2n) is 4.39. The second-order valence-corrected chi connectivity index (χ2v) is 5.02. The third kappa shape index (κ3) is 17.4. The van der Waals surface area contributed by atoms with Crippen molar-refractivity contribution >= 4 is 21.6 Å². The van der Waals surface area contributed by atoms with E-state index in [4.69, 9.17) is 33.7 Å². The van der Waals surface area contributed by atoms with Crippen LogP contribution >= 0.6 is 0 Å². The Morgan fingerprint density at radius 1 is 0.871 bits per heavy atom. The Morgan fingerprint density at radius 3 is 1.77 bits per heavy atom. The number of rotatable bonds is 6. The van der Waals surface area contributed by atoms with Crippen LogP contribution in [0.5, 0.6) is 0 Å². The summed E-state index contributed by atoms with van der Waals surface area (Å²) >= 11 is 2.93. The Bertz CT molecular complexity index is 821. The predicted octanol–water partition coefficient (Wildman–Crippen LogP) is 3.25. The van der Waals surface area contributed by atoms with Gasteiger partial charge in [-0.2, -0.15) is 0 Å². The van der Waals surface area contributed by atoms with Gasteiger partial charge in [0.25, 0.3) is 0 Å². The predicted molar refractivity (Wildman–Crippen MR) is 105 cm³/mol. The molecule has 0 saturated carbocycles. The van der Waals surface area contributed by atoms with Crippen LogP contribution in [-0.2, 0) is 43.8 Å². The molecule has 2 aromatic rings. The van der Waals surface area contributed by atoms with Gasteiger partial charge in [0.2, 0.25) is 0 Å². The van der Waals surface area contributed by atoms with Crippen LogP contribution < -0.4 is 11.1 Å². The average Bonchev–Trinajstić information content (AvgIpc) is 2.87. The van der Waals surface area contributed by atoms with Gasteiger partial charge in [-0.05, 0) is 0 Å². The van der Waals surface area contributed by atoms with Crippen molar-refractivity contribution in [2.75, 3.05) is 17.7 Å². The molecule has 0 unspecified atom stereocenters. The van der Waals surface area contributed by atoms with Crippen LogP contribution in [0.2, 0.25) is 0 Å². The van der Waals surface area contributed by atoms with E-state index >= 15 is 0 Å². The summed E-state index contributed by atoms with van der Waals surface area (Å²) in [6, 6.07) is 17.8. The van der Waals surface area contributed by atoms with E-state index in [9.17, 15) is 0 Å². The number of hydrogen-bond acceptors (Lipinski definition) is 3. The number of nitrogens with two attached hydrogens (primary N) is 1. The summed E-state index contributed by atoms with van der Waals surface area (Å²) in [4.78, 5) is 0. The second kappa shape index (κ2) is 29.0. The normalized spacial score (nSPS) is 7.90. The van der Waals surface area contributed by atoms with Crippen molar-refractivity contribution in [2.45, 2.75) is 6.92 Å². The summed E-state index contributed by atoms with van der Waals surface area (Å²) in [6.45, 7) is 25.1. The molecule has 0 fully saturated rings. The summed E-state index contributed by atoms with van der Waals surface area (Å²) in [7, 11) is 0. The monoisotopic (exact) mass is 458 g/mol. The molecule has 0 spiro atoms. The molecule has 0 aliphatic rings. The first-order chi connectivity index (χ1) is 15.2. The van der Waals surface area contributed by atoms with Crippen LogP contribution in [0.1, 0.15) is 12.5 Å². The van der Waals surface area contributed by atoms with Crippen LogP contribution in [0.25, 0.3) is 5.70 Å². The SMILES string of the molecule is CCO[C](=[Cr])/C=C(\Nc1ccccc1N)c1ccccc1.[C-]#[O+].[C-]#[O+].[C-]#[O+].[C-]#[O+].[C-]#[O+]. The first kappa shape index (κ1) is 35.3. The fourth-order valence-electron chi connectivity index (χ4n) is 1.87. The molecular weight excluding hydrogens is 440 g/mol. The van der Waals surface area contributed by atoms with Gasteiger partial charge < -0.3 is 0 Å². The van der Waals surface area contributed by atoms with Crippen molar-refractivity contribution in [3.8, 4) is 0 Å². The van der Waals surface area contributed by atoms with Crippen molar-refractivity contribution in [1.82, 2.24) is 0 Å². The van der Waals surface area contributed by atoms with Crippen molar-refractivity contribution < 1.29 is 43.8 Å². The molecule has 0 radical (unpaired) electrons. The van der Waals surface area contributed by atoms with Gasteiger partial charge in [-0.25, -0.2) is 0 Å². The summed E-state index contributed by atoms with van der Waals surface area (Å²) in [5.74, 6) is 0. The maximum absolute atomic E-state index is 7.50. The zero-order valence-corrected chi connectivity index (χ0v) is 17.7. The van der Waals surface area contributed by atoms with Crippen LogP contribution in [0.3, 0.4) is 0 Å². The van der Waals surface area contributed by atoms with E-state index < -0.39 is 0 Å². The molecule has 0 heterocycles. The number of anilines is 2. The first-order valence-corrected chi connectivity index (χ1v) is 8.42. The van der Waals surface area contributed by atoms with Crippen molar-refractivity contribution in [3.05, 3.63) is 99.5 Å². The Kier molecular flexibility index (Phi) is 33.1. The van der Waals surface area contributed by atoms with Crippen LogP contribution in [0.4, 0.5) is 11.4 Å². The quantitative estimate of drug-likeness (QED) is 0.389. The summed E-state index contributed by atoms with van der Waals surface area (Å²) in [6.07, 6.45) is 1.94. The van der Waals surface area contributed by atoms with E-state index in [1.54, 1.807) is 0 Å². The molecule has 0 aromatic heterocycles. The summed E-state index contributed by atoms with van der Waals surface area (Å²) in [5, 5.41) is 3.37. The molecule has 0 aliphatic carbocycles. The fraction of sp³-hybridized carbons (Fsp3) is 0.0909. The molecule has 0 bridgehead atoms. The van der Waals surface area contributed by atoms with Gasteiger partial charge in [0.1, 0.15) is 0 Å². The number of benzene rings is 2. The van der Waals surface area contributed by atoms with E-state index in [2.05, 4.69) is 54.4 Å². The minimum absolute atomic E-state index is 0.619. The summed E-state index contributed by atoms with van der Waals surface area (Å²) in [5.41, 5.74) is 9.57. The fourth-order valence-corrected chi connectivity index (χ4v) is 2.24. The van der Waals surface area contributed by atoms with Gasteiger partial charge in [0, 0.05) is 0 Å². The Balaban J connectivity index is -0.000000320. The first-order valence-electron chi connectivity index (χ1n) is 7.78. The zero-order valence-electron chi connectivity index (χ0n) is 16.4. The van der Waals surface area contributed by atoms with E-state index in [-0.39, 0.29) is 0 Å². The van der Waals surface area contributed by atoms with Gasteiger partial charge in [-0.1, -0.05) is 0 Å². The number of nitrogen functional groups attached to an aromatic ring is 1. The molecular formula is C22H18CrN2O6. The average molecular weight is 458 g/mol. The number of ether oxygens (including phenoxy) is 1. The molecule has 31 heavy (non-hydrogen) atoms. The standard InChI is InChI=1S/C17H18N2O.5CO.Cr/c1-2-20-13-12-16(14-8-4-3-5-9-14)19-17-11-7-6-10-15(17)18;5*1-2;/h3-12,19H,2,18H2,1H3;;;;;;/b16-12-;;;;;;. The molecule has 0 saturated heterocycles. The minimum atomic E-state index is 0.619. The van der Waals surface area contributed by atoms with Gasteiger partial charge in [0.15, 0.2) is 0 Å². The number of nitrogens with one attached hydrogen (secondary N) is 1. The third-order valence-corrected chi connectivity index (χ3v) is 3.23. The topological polar surface area (TPSA) is 147 Å². The van der Waals surface area contributed by atoms with Crippen molar-refractivity contribution in [3.63, 3.8) is 0 Å². The molecule has 9 heteroatoms. The molecule has 0 atom stereocenters. The zero-order chi connectivity index (χ0) is 25.1. The van der Waals surface area contributed by atoms with E-state index in [0.717, 1.165) is 21.5 Å². The van der Waals surface area contributed by atoms with Gasteiger partial charge in [0.05, 0.1) is 0 Å². The Morgan fingerprint density at radius 2 is 1.32 bits per heavy atom. The van der Waals surface area contributed by atoms with E-state index in [0.29, 0.717) is 12.3 Å². The van der Waals surface area contributed by atoms with Crippen LogP contribution in [-0.4, -0.2) is 11.2 Å². The van der Waals surface area contributed by atoms with Crippen LogP contribution in [0, 0.1) is 33.3 Å². The van der Waals surface area contributed by atoms with Gasteiger partial charge in [-0.3, -0.25) is 0 Å². The van der Waals surface area contributed by atoms with E-state index in [1.807, 2.05) is 67.6 Å². The molecule has 0 aliphatic heterocycles. The molecule has 0 amide bonds. The Hall–Kier alpha value is -3.16. The molecule has 158 valence electrons. The molecule has 3 N–H and O–H groups in total. The maximum atomic E-state index is 7.50. The third-order valence-electron chi connectivity index (χ3n) is 2.86. The van der Waals surface area contributed by atoms with Crippen LogP contribution in [0.15, 0.2) is 60.7 Å². The number of hydrogen-bond donors (Lipinski definition) is 2. The molecule has 8 nitrogen and oxygen atoms in total. The van der Waals surface area contributed by atoms with Gasteiger partial charge in [-0.15, -0.1) is 0 Å². The molecule has 2 rings (SSSR count). The number of para-hydroxylation sites is 2. The molecule has 2 aromatic carbocycles. The summed E-state index contributed by atoms with van der Waals surface area (Å²) < 4.78 is 43.7.